The van der Waals surface area contributed by atoms with Gasteiger partial charge in [0.05, 0.1) is 10.5 Å². The van der Waals surface area contributed by atoms with Crippen molar-refractivity contribution in [1.82, 2.24) is 9.62 Å². The van der Waals surface area contributed by atoms with Crippen LogP contribution in [0.1, 0.15) is 23.3 Å². The largest absolute Gasteiger partial charge is 0.355 e. The minimum Gasteiger partial charge on any atom is -0.355 e. The van der Waals surface area contributed by atoms with Crippen molar-refractivity contribution in [3.63, 3.8) is 0 Å². The lowest BCUT2D eigenvalue weighted by Crippen LogP contribution is -2.43. The Hall–Kier alpha value is -2.21. The first-order valence-corrected chi connectivity index (χ1v) is 11.1. The molecule has 27 heavy (non-hydrogen) atoms. The Morgan fingerprint density at radius 1 is 1.22 bits per heavy atom. The zero-order chi connectivity index (χ0) is 19.3. The normalized spacial score (nSPS) is 16.0. The van der Waals surface area contributed by atoms with Gasteiger partial charge in [-0.15, -0.1) is 11.3 Å². The van der Waals surface area contributed by atoms with Gasteiger partial charge in [0.1, 0.15) is 6.07 Å². The van der Waals surface area contributed by atoms with E-state index < -0.39 is 10.0 Å². The second-order valence-electron chi connectivity index (χ2n) is 6.41. The fraction of sp³-hybridized carbons (Fsp3) is 0.368. The quantitative estimate of drug-likeness (QED) is 0.802. The number of benzene rings is 1. The van der Waals surface area contributed by atoms with E-state index in [2.05, 4.69) is 5.32 Å². The first-order valence-electron chi connectivity index (χ1n) is 8.82. The SMILES string of the molecule is N#Cc1ccccc1S(=O)(=O)N1CCC(C(=O)NCCc2cccs2)CC1. The van der Waals surface area contributed by atoms with E-state index in [4.69, 9.17) is 5.26 Å². The molecule has 2 aromatic rings. The molecular formula is C19H21N3O3S2. The Bertz CT molecular complexity index is 925. The Kier molecular flexibility index (Phi) is 6.26. The fourth-order valence-electron chi connectivity index (χ4n) is 3.19. The van der Waals surface area contributed by atoms with Gasteiger partial charge in [0.15, 0.2) is 0 Å². The number of hydrogen-bond donors (Lipinski definition) is 1. The minimum absolute atomic E-state index is 0.0129. The first kappa shape index (κ1) is 19.5. The second kappa shape index (κ2) is 8.65. The van der Waals surface area contributed by atoms with Crippen LogP contribution in [0.3, 0.4) is 0 Å². The third-order valence-corrected chi connectivity index (χ3v) is 7.59. The number of carbonyl (C=O) groups is 1. The summed E-state index contributed by atoms with van der Waals surface area (Å²) >= 11 is 1.67. The molecule has 0 bridgehead atoms. The molecule has 1 aromatic carbocycles. The molecule has 6 nitrogen and oxygen atoms in total. The summed E-state index contributed by atoms with van der Waals surface area (Å²) in [6.45, 7) is 1.16. The molecule has 1 aromatic heterocycles. The molecule has 0 saturated carbocycles. The van der Waals surface area contributed by atoms with Crippen LogP contribution in [0.25, 0.3) is 0 Å². The molecular weight excluding hydrogens is 382 g/mol. The Balaban J connectivity index is 1.55. The van der Waals surface area contributed by atoms with E-state index in [-0.39, 0.29) is 35.4 Å². The zero-order valence-corrected chi connectivity index (χ0v) is 16.4. The summed E-state index contributed by atoms with van der Waals surface area (Å²) in [4.78, 5) is 13.6. The van der Waals surface area contributed by atoms with Gasteiger partial charge >= 0.3 is 0 Å². The third kappa shape index (κ3) is 4.56. The average Bonchev–Trinajstić information content (AvgIpc) is 3.21. The van der Waals surface area contributed by atoms with Crippen molar-refractivity contribution in [3.8, 4) is 6.07 Å². The summed E-state index contributed by atoms with van der Waals surface area (Å²) in [5.74, 6) is -0.188. The number of thiophene rings is 1. The van der Waals surface area contributed by atoms with E-state index in [9.17, 15) is 13.2 Å². The topological polar surface area (TPSA) is 90.3 Å². The average molecular weight is 404 g/mol. The molecule has 0 aliphatic carbocycles. The summed E-state index contributed by atoms with van der Waals surface area (Å²) in [6, 6.07) is 12.2. The summed E-state index contributed by atoms with van der Waals surface area (Å²) in [5.41, 5.74) is 0.144. The van der Waals surface area contributed by atoms with Crippen LogP contribution in [0.5, 0.6) is 0 Å². The predicted octanol–water partition coefficient (Wildman–Crippen LogP) is 2.38. The molecule has 1 fully saturated rings. The van der Waals surface area contributed by atoms with Crippen LogP contribution in [0.4, 0.5) is 0 Å². The standard InChI is InChI=1S/C19H21N3O3S2/c20-14-16-4-1-2-6-18(16)27(24,25)22-11-8-15(9-12-22)19(23)21-10-7-17-5-3-13-26-17/h1-6,13,15H,7-12H2,(H,21,23). The van der Waals surface area contributed by atoms with Crippen molar-refractivity contribution >= 4 is 27.3 Å². The van der Waals surface area contributed by atoms with Crippen molar-refractivity contribution in [3.05, 3.63) is 52.2 Å². The molecule has 0 atom stereocenters. The zero-order valence-electron chi connectivity index (χ0n) is 14.8. The Labute approximate surface area is 163 Å². The summed E-state index contributed by atoms with van der Waals surface area (Å²) in [5, 5.41) is 14.1. The van der Waals surface area contributed by atoms with E-state index in [1.54, 1.807) is 23.5 Å². The maximum atomic E-state index is 12.8. The van der Waals surface area contributed by atoms with Gasteiger partial charge in [-0.3, -0.25) is 4.79 Å². The molecule has 1 saturated heterocycles. The molecule has 1 aliphatic rings. The molecule has 8 heteroatoms. The highest BCUT2D eigenvalue weighted by Gasteiger charge is 2.33. The van der Waals surface area contributed by atoms with E-state index in [1.807, 2.05) is 23.6 Å². The molecule has 0 unspecified atom stereocenters. The van der Waals surface area contributed by atoms with Crippen LogP contribution in [0.15, 0.2) is 46.7 Å². The van der Waals surface area contributed by atoms with Crippen molar-refractivity contribution in [2.45, 2.75) is 24.2 Å². The third-order valence-electron chi connectivity index (χ3n) is 4.70. The van der Waals surface area contributed by atoms with Crippen molar-refractivity contribution in [2.24, 2.45) is 5.92 Å². The van der Waals surface area contributed by atoms with Gasteiger partial charge in [-0.2, -0.15) is 9.57 Å². The van der Waals surface area contributed by atoms with Gasteiger partial charge in [0.25, 0.3) is 0 Å². The number of sulfonamides is 1. The summed E-state index contributed by atoms with van der Waals surface area (Å²) in [7, 11) is -3.72. The highest BCUT2D eigenvalue weighted by molar-refractivity contribution is 7.89. The van der Waals surface area contributed by atoms with Gasteiger partial charge in [0.2, 0.25) is 15.9 Å². The molecule has 0 radical (unpaired) electrons. The summed E-state index contributed by atoms with van der Waals surface area (Å²) < 4.78 is 27.0. The van der Waals surface area contributed by atoms with E-state index in [0.717, 1.165) is 6.42 Å². The van der Waals surface area contributed by atoms with Crippen LogP contribution >= 0.6 is 11.3 Å². The highest BCUT2D eigenvalue weighted by atomic mass is 32.2. The predicted molar refractivity (Wildman–Crippen MR) is 104 cm³/mol. The molecule has 1 N–H and O–H groups in total. The van der Waals surface area contributed by atoms with Crippen molar-refractivity contribution in [1.29, 1.82) is 5.26 Å². The smallest absolute Gasteiger partial charge is 0.244 e. The number of carbonyl (C=O) groups excluding carboxylic acids is 1. The van der Waals surface area contributed by atoms with Crippen LogP contribution in [0, 0.1) is 17.2 Å². The molecule has 3 rings (SSSR count). The number of nitrogens with one attached hydrogen (secondary N) is 1. The highest BCUT2D eigenvalue weighted by Crippen LogP contribution is 2.25. The van der Waals surface area contributed by atoms with E-state index >= 15 is 0 Å². The van der Waals surface area contributed by atoms with Gasteiger partial charge in [-0.25, -0.2) is 8.42 Å². The monoisotopic (exact) mass is 403 g/mol. The maximum Gasteiger partial charge on any atom is 0.244 e. The lowest BCUT2D eigenvalue weighted by atomic mass is 9.97. The molecule has 2 heterocycles. The number of nitriles is 1. The molecule has 1 amide bonds. The van der Waals surface area contributed by atoms with Gasteiger partial charge in [0, 0.05) is 30.4 Å². The number of rotatable bonds is 6. The van der Waals surface area contributed by atoms with Crippen LogP contribution in [-0.4, -0.2) is 38.3 Å². The van der Waals surface area contributed by atoms with Crippen molar-refractivity contribution < 1.29 is 13.2 Å². The number of piperidine rings is 1. The number of amides is 1. The lowest BCUT2D eigenvalue weighted by Gasteiger charge is -2.30. The van der Waals surface area contributed by atoms with Crippen molar-refractivity contribution in [2.75, 3.05) is 19.6 Å². The van der Waals surface area contributed by atoms with Gasteiger partial charge in [-0.05, 0) is 42.8 Å². The van der Waals surface area contributed by atoms with Crippen LogP contribution in [-0.2, 0) is 21.2 Å². The molecule has 142 valence electrons. The Morgan fingerprint density at radius 2 is 1.96 bits per heavy atom. The van der Waals surface area contributed by atoms with E-state index in [1.165, 1.54) is 21.3 Å². The lowest BCUT2D eigenvalue weighted by molar-refractivity contribution is -0.126. The van der Waals surface area contributed by atoms with Gasteiger partial charge < -0.3 is 5.32 Å². The Morgan fingerprint density at radius 3 is 2.63 bits per heavy atom. The minimum atomic E-state index is -3.72. The fourth-order valence-corrected chi connectivity index (χ4v) is 5.51. The first-order chi connectivity index (χ1) is 13.0. The van der Waals surface area contributed by atoms with Gasteiger partial charge in [-0.1, -0.05) is 18.2 Å². The maximum absolute atomic E-state index is 12.8. The molecule has 0 spiro atoms. The van der Waals surface area contributed by atoms with E-state index in [0.29, 0.717) is 19.4 Å². The number of hydrogen-bond acceptors (Lipinski definition) is 5. The number of nitrogens with zero attached hydrogens (tertiary/aromatic N) is 2. The molecule has 1 aliphatic heterocycles. The summed E-state index contributed by atoms with van der Waals surface area (Å²) in [6.07, 6.45) is 1.78. The van der Waals surface area contributed by atoms with Crippen LogP contribution < -0.4 is 5.32 Å². The van der Waals surface area contributed by atoms with Crippen LogP contribution in [0.2, 0.25) is 0 Å². The second-order valence-corrected chi connectivity index (χ2v) is 9.35.